The topological polar surface area (TPSA) is 52.9 Å². The summed E-state index contributed by atoms with van der Waals surface area (Å²) in [5.74, 6) is -0.186. The van der Waals surface area contributed by atoms with E-state index in [2.05, 4.69) is 21.2 Å². The Hall–Kier alpha value is -2.12. The van der Waals surface area contributed by atoms with Gasteiger partial charge in [-0.25, -0.2) is 0 Å². The van der Waals surface area contributed by atoms with Gasteiger partial charge in [0.15, 0.2) is 0 Å². The zero-order chi connectivity index (χ0) is 14.5. The van der Waals surface area contributed by atoms with Gasteiger partial charge in [-0.15, -0.1) is 0 Å². The number of rotatable bonds is 3. The largest absolute Gasteiger partial charge is 0.346 e. The second-order valence-electron chi connectivity index (χ2n) is 4.44. The average molecular weight is 329 g/mol. The molecule has 0 aliphatic heterocycles. The van der Waals surface area contributed by atoms with Gasteiger partial charge < -0.3 is 5.32 Å². The molecule has 1 unspecified atom stereocenters. The molecule has 0 bridgehead atoms. The quantitative estimate of drug-likeness (QED) is 0.931. The van der Waals surface area contributed by atoms with Crippen LogP contribution < -0.4 is 5.32 Å². The Morgan fingerprint density at radius 2 is 2.00 bits per heavy atom. The van der Waals surface area contributed by atoms with Crippen LogP contribution in [0.5, 0.6) is 0 Å². The molecule has 2 aromatic rings. The van der Waals surface area contributed by atoms with E-state index in [1.54, 1.807) is 24.3 Å². The molecule has 0 saturated carbocycles. The van der Waals surface area contributed by atoms with Gasteiger partial charge in [-0.3, -0.25) is 4.79 Å². The molecular formula is C16H13BrN2O. The van der Waals surface area contributed by atoms with E-state index in [1.807, 2.05) is 37.3 Å². The van der Waals surface area contributed by atoms with Crippen molar-refractivity contribution < 1.29 is 4.79 Å². The van der Waals surface area contributed by atoms with Gasteiger partial charge in [0.05, 0.1) is 17.7 Å². The molecule has 0 fully saturated rings. The standard InChI is InChI=1S/C16H13BrN2O/c1-11(13-5-3-7-15(17)9-13)19-16(20)14-6-2-4-12(8-14)10-18/h2-9,11H,1H3,(H,19,20). The molecule has 0 aromatic heterocycles. The molecular weight excluding hydrogens is 316 g/mol. The maximum atomic E-state index is 12.1. The molecule has 1 amide bonds. The van der Waals surface area contributed by atoms with E-state index in [9.17, 15) is 4.79 Å². The molecule has 3 nitrogen and oxygen atoms in total. The lowest BCUT2D eigenvalue weighted by Gasteiger charge is -2.14. The van der Waals surface area contributed by atoms with Crippen molar-refractivity contribution >= 4 is 21.8 Å². The number of carbonyl (C=O) groups excluding carboxylic acids is 1. The first-order valence-corrected chi connectivity index (χ1v) is 6.96. The van der Waals surface area contributed by atoms with Crippen molar-refractivity contribution in [3.8, 4) is 6.07 Å². The van der Waals surface area contributed by atoms with Crippen molar-refractivity contribution in [2.45, 2.75) is 13.0 Å². The number of nitrogens with one attached hydrogen (secondary N) is 1. The van der Waals surface area contributed by atoms with Gasteiger partial charge in [0.2, 0.25) is 0 Å². The Labute approximate surface area is 126 Å². The van der Waals surface area contributed by atoms with Crippen molar-refractivity contribution in [2.75, 3.05) is 0 Å². The van der Waals surface area contributed by atoms with Crippen LogP contribution in [0, 0.1) is 11.3 Å². The summed E-state index contributed by atoms with van der Waals surface area (Å²) >= 11 is 3.41. The first-order chi connectivity index (χ1) is 9.60. The summed E-state index contributed by atoms with van der Waals surface area (Å²) in [5, 5.41) is 11.8. The minimum atomic E-state index is -0.186. The van der Waals surface area contributed by atoms with Crippen molar-refractivity contribution in [1.29, 1.82) is 5.26 Å². The summed E-state index contributed by atoms with van der Waals surface area (Å²) in [7, 11) is 0. The summed E-state index contributed by atoms with van der Waals surface area (Å²) in [5.41, 5.74) is 1.99. The van der Waals surface area contributed by atoms with Gasteiger partial charge in [0.1, 0.15) is 0 Å². The van der Waals surface area contributed by atoms with Crippen LogP contribution in [0.15, 0.2) is 53.0 Å². The molecule has 0 aliphatic rings. The number of amides is 1. The first-order valence-electron chi connectivity index (χ1n) is 6.16. The highest BCUT2D eigenvalue weighted by atomic mass is 79.9. The molecule has 100 valence electrons. The lowest BCUT2D eigenvalue weighted by molar-refractivity contribution is 0.0940. The molecule has 4 heteroatoms. The Balaban J connectivity index is 2.13. The van der Waals surface area contributed by atoms with E-state index in [0.29, 0.717) is 11.1 Å². The van der Waals surface area contributed by atoms with Gasteiger partial charge in [-0.05, 0) is 42.8 Å². The molecule has 2 rings (SSSR count). The van der Waals surface area contributed by atoms with E-state index < -0.39 is 0 Å². The third-order valence-electron chi connectivity index (χ3n) is 2.95. The Bertz CT molecular complexity index is 676. The molecule has 1 atom stereocenters. The second kappa shape index (κ2) is 6.36. The highest BCUT2D eigenvalue weighted by Gasteiger charge is 2.12. The maximum Gasteiger partial charge on any atom is 0.251 e. The van der Waals surface area contributed by atoms with E-state index in [4.69, 9.17) is 5.26 Å². The summed E-state index contributed by atoms with van der Waals surface area (Å²) in [6.45, 7) is 1.92. The minimum Gasteiger partial charge on any atom is -0.346 e. The molecule has 2 aromatic carbocycles. The number of nitriles is 1. The smallest absolute Gasteiger partial charge is 0.251 e. The summed E-state index contributed by atoms with van der Waals surface area (Å²) in [6.07, 6.45) is 0. The third-order valence-corrected chi connectivity index (χ3v) is 3.44. The second-order valence-corrected chi connectivity index (χ2v) is 5.36. The monoisotopic (exact) mass is 328 g/mol. The van der Waals surface area contributed by atoms with Crippen LogP contribution in [-0.2, 0) is 0 Å². The summed E-state index contributed by atoms with van der Waals surface area (Å²) < 4.78 is 0.975. The highest BCUT2D eigenvalue weighted by molar-refractivity contribution is 9.10. The zero-order valence-electron chi connectivity index (χ0n) is 10.9. The van der Waals surface area contributed by atoms with Gasteiger partial charge in [0.25, 0.3) is 5.91 Å². The summed E-state index contributed by atoms with van der Waals surface area (Å²) in [4.78, 5) is 12.1. The van der Waals surface area contributed by atoms with Crippen LogP contribution in [0.2, 0.25) is 0 Å². The maximum absolute atomic E-state index is 12.1. The molecule has 1 N–H and O–H groups in total. The van der Waals surface area contributed by atoms with Crippen molar-refractivity contribution in [2.24, 2.45) is 0 Å². The van der Waals surface area contributed by atoms with Gasteiger partial charge in [-0.1, -0.05) is 34.1 Å². The first kappa shape index (κ1) is 14.3. The molecule has 0 spiro atoms. The lowest BCUT2D eigenvalue weighted by Crippen LogP contribution is -2.26. The van der Waals surface area contributed by atoms with Crippen LogP contribution in [0.3, 0.4) is 0 Å². The number of carbonyl (C=O) groups is 1. The molecule has 20 heavy (non-hydrogen) atoms. The predicted octanol–water partition coefficient (Wildman–Crippen LogP) is 3.81. The molecule has 0 radical (unpaired) electrons. The predicted molar refractivity (Wildman–Crippen MR) is 81.2 cm³/mol. The summed E-state index contributed by atoms with van der Waals surface area (Å²) in [6, 6.07) is 16.4. The van der Waals surface area contributed by atoms with Crippen molar-refractivity contribution in [3.63, 3.8) is 0 Å². The fourth-order valence-electron chi connectivity index (χ4n) is 1.87. The normalized spacial score (nSPS) is 11.4. The van der Waals surface area contributed by atoms with E-state index in [-0.39, 0.29) is 11.9 Å². The number of hydrogen-bond donors (Lipinski definition) is 1. The van der Waals surface area contributed by atoms with E-state index >= 15 is 0 Å². The van der Waals surface area contributed by atoms with Gasteiger partial charge in [-0.2, -0.15) is 5.26 Å². The van der Waals surface area contributed by atoms with Crippen molar-refractivity contribution in [1.82, 2.24) is 5.32 Å². The number of nitrogens with zero attached hydrogens (tertiary/aromatic N) is 1. The number of hydrogen-bond acceptors (Lipinski definition) is 2. The van der Waals surface area contributed by atoms with Crippen LogP contribution in [-0.4, -0.2) is 5.91 Å². The van der Waals surface area contributed by atoms with Gasteiger partial charge >= 0.3 is 0 Å². The van der Waals surface area contributed by atoms with E-state index in [1.165, 1.54) is 0 Å². The van der Waals surface area contributed by atoms with Crippen LogP contribution in [0.25, 0.3) is 0 Å². The minimum absolute atomic E-state index is 0.106. The number of benzene rings is 2. The Morgan fingerprint density at radius 3 is 2.70 bits per heavy atom. The fraction of sp³-hybridized carbons (Fsp3) is 0.125. The fourth-order valence-corrected chi connectivity index (χ4v) is 2.29. The molecule has 0 aliphatic carbocycles. The van der Waals surface area contributed by atoms with Crippen LogP contribution in [0.1, 0.15) is 34.5 Å². The zero-order valence-corrected chi connectivity index (χ0v) is 12.5. The average Bonchev–Trinajstić information content (AvgIpc) is 2.47. The SMILES string of the molecule is CC(NC(=O)c1cccc(C#N)c1)c1cccc(Br)c1. The highest BCUT2D eigenvalue weighted by Crippen LogP contribution is 2.18. The number of halogens is 1. The molecule has 0 saturated heterocycles. The Morgan fingerprint density at radius 1 is 1.25 bits per heavy atom. The van der Waals surface area contributed by atoms with Crippen molar-refractivity contribution in [3.05, 3.63) is 69.7 Å². The Kier molecular flexibility index (Phi) is 4.54. The third kappa shape index (κ3) is 3.46. The van der Waals surface area contributed by atoms with Crippen LogP contribution in [0.4, 0.5) is 0 Å². The van der Waals surface area contributed by atoms with Crippen LogP contribution >= 0.6 is 15.9 Å². The lowest BCUT2D eigenvalue weighted by atomic mass is 10.1. The molecule has 0 heterocycles. The van der Waals surface area contributed by atoms with E-state index in [0.717, 1.165) is 10.0 Å². The van der Waals surface area contributed by atoms with Gasteiger partial charge in [0, 0.05) is 10.0 Å².